The Kier molecular flexibility index (Phi) is 3.46. The predicted molar refractivity (Wildman–Crippen MR) is 67.0 cm³/mol. The van der Waals surface area contributed by atoms with Gasteiger partial charge in [0.25, 0.3) is 0 Å². The van der Waals surface area contributed by atoms with Gasteiger partial charge in [-0.2, -0.15) is 0 Å². The van der Waals surface area contributed by atoms with Gasteiger partial charge in [0.05, 0.1) is 0 Å². The Hall–Kier alpha value is -0.610. The molecule has 0 saturated carbocycles. The summed E-state index contributed by atoms with van der Waals surface area (Å²) in [5, 5.41) is 12.4. The monoisotopic (exact) mass is 240 g/mol. The Balaban J connectivity index is 1.92. The average molecular weight is 240 g/mol. The normalized spacial score (nSPS) is 39.1. The Morgan fingerprint density at radius 2 is 2.18 bits per heavy atom. The molecule has 4 heteroatoms. The van der Waals surface area contributed by atoms with Crippen LogP contribution in [-0.2, 0) is 4.79 Å². The third kappa shape index (κ3) is 2.47. The van der Waals surface area contributed by atoms with Gasteiger partial charge in [-0.1, -0.05) is 0 Å². The topological polar surface area (TPSA) is 52.6 Å². The molecule has 4 nitrogen and oxygen atoms in total. The zero-order valence-corrected chi connectivity index (χ0v) is 11.1. The maximum atomic E-state index is 11.2. The Morgan fingerprint density at radius 1 is 1.47 bits per heavy atom. The molecule has 2 aliphatic heterocycles. The molecule has 17 heavy (non-hydrogen) atoms. The molecular formula is C13H24N2O2. The summed E-state index contributed by atoms with van der Waals surface area (Å²) in [6, 6.07) is 0.611. The number of rotatable bonds is 3. The molecule has 2 aliphatic rings. The Morgan fingerprint density at radius 3 is 2.65 bits per heavy atom. The number of carboxylic acids is 1. The second-order valence-electron chi connectivity index (χ2n) is 6.12. The second kappa shape index (κ2) is 4.58. The van der Waals surface area contributed by atoms with Gasteiger partial charge in [0.1, 0.15) is 5.54 Å². The van der Waals surface area contributed by atoms with Crippen molar-refractivity contribution < 1.29 is 9.90 Å². The molecule has 0 aliphatic carbocycles. The van der Waals surface area contributed by atoms with Crippen LogP contribution in [0.1, 0.15) is 33.6 Å². The van der Waals surface area contributed by atoms with Crippen molar-refractivity contribution in [3.63, 3.8) is 0 Å². The van der Waals surface area contributed by atoms with Crippen molar-refractivity contribution in [2.45, 2.75) is 45.2 Å². The van der Waals surface area contributed by atoms with Gasteiger partial charge < -0.3 is 15.3 Å². The smallest absolute Gasteiger partial charge is 0.323 e. The van der Waals surface area contributed by atoms with E-state index in [1.165, 1.54) is 13.0 Å². The van der Waals surface area contributed by atoms with Crippen molar-refractivity contribution >= 4 is 5.97 Å². The van der Waals surface area contributed by atoms with E-state index in [9.17, 15) is 9.90 Å². The molecule has 0 aromatic rings. The minimum atomic E-state index is -0.710. The summed E-state index contributed by atoms with van der Waals surface area (Å²) in [6.45, 7) is 9.44. The van der Waals surface area contributed by atoms with E-state index >= 15 is 0 Å². The predicted octanol–water partition coefficient (Wildman–Crippen LogP) is 1.17. The molecule has 2 heterocycles. The number of carboxylic acid groups (broad SMARTS) is 1. The quantitative estimate of drug-likeness (QED) is 0.777. The second-order valence-corrected chi connectivity index (χ2v) is 6.12. The Bertz CT molecular complexity index is 306. The van der Waals surface area contributed by atoms with Crippen LogP contribution in [0, 0.1) is 11.8 Å². The summed E-state index contributed by atoms with van der Waals surface area (Å²) < 4.78 is 0. The fourth-order valence-corrected chi connectivity index (χ4v) is 3.19. The van der Waals surface area contributed by atoms with Crippen LogP contribution in [0.5, 0.6) is 0 Å². The minimum Gasteiger partial charge on any atom is -0.480 e. The molecule has 2 N–H and O–H groups in total. The highest BCUT2D eigenvalue weighted by Crippen LogP contribution is 2.34. The number of likely N-dealkylation sites (tertiary alicyclic amines) is 1. The lowest BCUT2D eigenvalue weighted by atomic mass is 9.85. The first-order valence-corrected chi connectivity index (χ1v) is 6.65. The minimum absolute atomic E-state index is 0.528. The molecule has 0 amide bonds. The molecule has 3 unspecified atom stereocenters. The average Bonchev–Trinajstić information content (AvgIpc) is 2.84. The molecular weight excluding hydrogens is 216 g/mol. The summed E-state index contributed by atoms with van der Waals surface area (Å²) in [6.07, 6.45) is 2.00. The van der Waals surface area contributed by atoms with Crippen LogP contribution in [-0.4, -0.2) is 47.2 Å². The van der Waals surface area contributed by atoms with E-state index in [4.69, 9.17) is 0 Å². The molecule has 2 fully saturated rings. The van der Waals surface area contributed by atoms with E-state index in [1.54, 1.807) is 0 Å². The number of nitrogens with one attached hydrogen (secondary N) is 1. The number of nitrogens with zero attached hydrogens (tertiary/aromatic N) is 1. The maximum absolute atomic E-state index is 11.2. The van der Waals surface area contributed by atoms with E-state index in [0.29, 0.717) is 17.9 Å². The number of carbonyl (C=O) groups is 1. The first-order chi connectivity index (χ1) is 7.92. The number of aliphatic carboxylic acids is 1. The van der Waals surface area contributed by atoms with Crippen LogP contribution in [0.3, 0.4) is 0 Å². The van der Waals surface area contributed by atoms with Gasteiger partial charge in [-0.25, -0.2) is 0 Å². The van der Waals surface area contributed by atoms with Crippen molar-refractivity contribution in [2.24, 2.45) is 11.8 Å². The van der Waals surface area contributed by atoms with Crippen molar-refractivity contribution in [2.75, 3.05) is 19.6 Å². The van der Waals surface area contributed by atoms with Crippen LogP contribution in [0.25, 0.3) is 0 Å². The molecule has 0 bridgehead atoms. The van der Waals surface area contributed by atoms with E-state index in [0.717, 1.165) is 19.5 Å². The third-order valence-electron chi connectivity index (χ3n) is 4.55. The van der Waals surface area contributed by atoms with Crippen LogP contribution >= 0.6 is 0 Å². The highest BCUT2D eigenvalue weighted by Gasteiger charge is 2.44. The molecule has 98 valence electrons. The van der Waals surface area contributed by atoms with Crippen LogP contribution in [0.2, 0.25) is 0 Å². The molecule has 0 aromatic carbocycles. The Labute approximate surface area is 103 Å². The summed E-state index contributed by atoms with van der Waals surface area (Å²) in [4.78, 5) is 13.7. The summed E-state index contributed by atoms with van der Waals surface area (Å²) in [7, 11) is 0. The molecule has 0 spiro atoms. The van der Waals surface area contributed by atoms with Crippen molar-refractivity contribution in [3.05, 3.63) is 0 Å². The fourth-order valence-electron chi connectivity index (χ4n) is 3.19. The van der Waals surface area contributed by atoms with Gasteiger partial charge in [-0.15, -0.1) is 0 Å². The molecule has 0 aromatic heterocycles. The SMILES string of the molecule is CC(C)N1CCC(C2CNC(C)(C(=O)O)C2)C1. The number of hydrogen-bond acceptors (Lipinski definition) is 3. The zero-order valence-electron chi connectivity index (χ0n) is 11.1. The highest BCUT2D eigenvalue weighted by molar-refractivity contribution is 5.78. The van der Waals surface area contributed by atoms with Gasteiger partial charge in [0.2, 0.25) is 0 Å². The zero-order chi connectivity index (χ0) is 12.6. The number of hydrogen-bond donors (Lipinski definition) is 2. The fraction of sp³-hybridized carbons (Fsp3) is 0.923. The molecule has 3 atom stereocenters. The standard InChI is InChI=1S/C13H24N2O2/c1-9(2)15-5-4-10(8-15)11-6-13(3,12(16)17)14-7-11/h9-11,14H,4-8H2,1-3H3,(H,16,17). The van der Waals surface area contributed by atoms with Crippen molar-refractivity contribution in [1.82, 2.24) is 10.2 Å². The largest absolute Gasteiger partial charge is 0.480 e. The first kappa shape index (κ1) is 12.8. The molecule has 0 radical (unpaired) electrons. The lowest BCUT2D eigenvalue weighted by Crippen LogP contribution is -2.44. The van der Waals surface area contributed by atoms with E-state index in [1.807, 2.05) is 6.92 Å². The van der Waals surface area contributed by atoms with Crippen LogP contribution in [0.15, 0.2) is 0 Å². The summed E-state index contributed by atoms with van der Waals surface area (Å²) in [5.74, 6) is 0.490. The lowest BCUT2D eigenvalue weighted by Gasteiger charge is -2.23. The van der Waals surface area contributed by atoms with Crippen LogP contribution in [0.4, 0.5) is 0 Å². The summed E-state index contributed by atoms with van der Waals surface area (Å²) >= 11 is 0. The lowest BCUT2D eigenvalue weighted by molar-refractivity contribution is -0.143. The molecule has 2 saturated heterocycles. The van der Waals surface area contributed by atoms with Gasteiger partial charge in [0, 0.05) is 12.6 Å². The van der Waals surface area contributed by atoms with E-state index < -0.39 is 11.5 Å². The first-order valence-electron chi connectivity index (χ1n) is 6.65. The van der Waals surface area contributed by atoms with Crippen LogP contribution < -0.4 is 5.32 Å². The van der Waals surface area contributed by atoms with Gasteiger partial charge in [-0.3, -0.25) is 4.79 Å². The summed E-state index contributed by atoms with van der Waals surface area (Å²) in [5.41, 5.74) is -0.698. The van der Waals surface area contributed by atoms with Gasteiger partial charge >= 0.3 is 5.97 Å². The van der Waals surface area contributed by atoms with Gasteiger partial charge in [0.15, 0.2) is 0 Å². The molecule has 2 rings (SSSR count). The third-order valence-corrected chi connectivity index (χ3v) is 4.55. The van der Waals surface area contributed by atoms with E-state index in [-0.39, 0.29) is 0 Å². The maximum Gasteiger partial charge on any atom is 0.323 e. The highest BCUT2D eigenvalue weighted by atomic mass is 16.4. The van der Waals surface area contributed by atoms with Crippen molar-refractivity contribution in [3.8, 4) is 0 Å². The van der Waals surface area contributed by atoms with Gasteiger partial charge in [-0.05, 0) is 58.5 Å². The van der Waals surface area contributed by atoms with Crippen molar-refractivity contribution in [1.29, 1.82) is 0 Å². The van der Waals surface area contributed by atoms with E-state index in [2.05, 4.69) is 24.1 Å².